The Morgan fingerprint density at radius 2 is 2.22 bits per heavy atom. The SMILES string of the molecule is COc1cccc(-c2noc(CCCC(=O)NCC(C)C)n2)c1. The molecule has 0 saturated heterocycles. The number of nitrogens with zero attached hydrogens (tertiary/aromatic N) is 2. The van der Waals surface area contributed by atoms with E-state index in [0.717, 1.165) is 11.3 Å². The van der Waals surface area contributed by atoms with Gasteiger partial charge in [-0.25, -0.2) is 0 Å². The zero-order valence-electron chi connectivity index (χ0n) is 13.8. The Bertz CT molecular complexity index is 638. The molecule has 1 aromatic heterocycles. The Morgan fingerprint density at radius 1 is 1.39 bits per heavy atom. The number of aryl methyl sites for hydroxylation is 1. The zero-order chi connectivity index (χ0) is 16.7. The van der Waals surface area contributed by atoms with E-state index in [1.54, 1.807) is 7.11 Å². The molecule has 0 atom stereocenters. The van der Waals surface area contributed by atoms with Crippen LogP contribution >= 0.6 is 0 Å². The van der Waals surface area contributed by atoms with Crippen molar-refractivity contribution in [3.63, 3.8) is 0 Å². The third kappa shape index (κ3) is 5.39. The maximum absolute atomic E-state index is 11.6. The molecule has 1 aromatic carbocycles. The van der Waals surface area contributed by atoms with Gasteiger partial charge in [0.1, 0.15) is 5.75 Å². The van der Waals surface area contributed by atoms with Crippen LogP contribution in [0.1, 0.15) is 32.6 Å². The Balaban J connectivity index is 1.84. The summed E-state index contributed by atoms with van der Waals surface area (Å²) < 4.78 is 10.4. The van der Waals surface area contributed by atoms with Crippen molar-refractivity contribution >= 4 is 5.91 Å². The minimum absolute atomic E-state index is 0.0613. The second-order valence-electron chi connectivity index (χ2n) is 5.80. The van der Waals surface area contributed by atoms with E-state index >= 15 is 0 Å². The summed E-state index contributed by atoms with van der Waals surface area (Å²) in [7, 11) is 1.62. The van der Waals surface area contributed by atoms with Crippen molar-refractivity contribution in [3.05, 3.63) is 30.2 Å². The third-order valence-corrected chi connectivity index (χ3v) is 3.30. The molecular formula is C17H23N3O3. The van der Waals surface area contributed by atoms with Gasteiger partial charge in [-0.15, -0.1) is 0 Å². The van der Waals surface area contributed by atoms with Gasteiger partial charge in [0.25, 0.3) is 0 Å². The molecule has 0 aliphatic carbocycles. The van der Waals surface area contributed by atoms with Crippen LogP contribution in [0.25, 0.3) is 11.4 Å². The molecule has 0 aliphatic rings. The lowest BCUT2D eigenvalue weighted by Gasteiger charge is -2.06. The minimum Gasteiger partial charge on any atom is -0.497 e. The molecule has 1 N–H and O–H groups in total. The largest absolute Gasteiger partial charge is 0.497 e. The summed E-state index contributed by atoms with van der Waals surface area (Å²) in [5.41, 5.74) is 0.842. The third-order valence-electron chi connectivity index (χ3n) is 3.30. The van der Waals surface area contributed by atoms with E-state index in [0.29, 0.717) is 43.4 Å². The van der Waals surface area contributed by atoms with Crippen LogP contribution in [0, 0.1) is 5.92 Å². The van der Waals surface area contributed by atoms with Crippen molar-refractivity contribution in [2.45, 2.75) is 33.1 Å². The molecule has 0 spiro atoms. The van der Waals surface area contributed by atoms with Gasteiger partial charge in [-0.1, -0.05) is 31.1 Å². The van der Waals surface area contributed by atoms with Gasteiger partial charge in [0, 0.05) is 24.9 Å². The number of methoxy groups -OCH3 is 1. The van der Waals surface area contributed by atoms with Gasteiger partial charge in [-0.05, 0) is 24.5 Å². The highest BCUT2D eigenvalue weighted by molar-refractivity contribution is 5.75. The second kappa shape index (κ2) is 8.31. The van der Waals surface area contributed by atoms with Crippen LogP contribution in [-0.4, -0.2) is 29.7 Å². The van der Waals surface area contributed by atoms with E-state index in [2.05, 4.69) is 29.3 Å². The Hall–Kier alpha value is -2.37. The summed E-state index contributed by atoms with van der Waals surface area (Å²) in [6.07, 6.45) is 1.74. The first kappa shape index (κ1) is 17.0. The molecule has 0 aliphatic heterocycles. The number of hydrogen-bond donors (Lipinski definition) is 1. The fraction of sp³-hybridized carbons (Fsp3) is 0.471. The highest BCUT2D eigenvalue weighted by Crippen LogP contribution is 2.21. The number of nitrogens with one attached hydrogen (secondary N) is 1. The smallest absolute Gasteiger partial charge is 0.226 e. The Morgan fingerprint density at radius 3 is 2.96 bits per heavy atom. The standard InChI is InChI=1S/C17H23N3O3/c1-12(2)11-18-15(21)8-5-9-16-19-17(20-23-16)13-6-4-7-14(10-13)22-3/h4,6-7,10,12H,5,8-9,11H2,1-3H3,(H,18,21). The van der Waals surface area contributed by atoms with Gasteiger partial charge in [-0.2, -0.15) is 4.98 Å². The maximum atomic E-state index is 11.6. The summed E-state index contributed by atoms with van der Waals surface area (Å²) >= 11 is 0. The zero-order valence-corrected chi connectivity index (χ0v) is 13.8. The molecule has 124 valence electrons. The molecule has 0 saturated carbocycles. The predicted molar refractivity (Wildman–Crippen MR) is 87.1 cm³/mol. The lowest BCUT2D eigenvalue weighted by molar-refractivity contribution is -0.121. The monoisotopic (exact) mass is 317 g/mol. The summed E-state index contributed by atoms with van der Waals surface area (Å²) in [6, 6.07) is 7.49. The fourth-order valence-electron chi connectivity index (χ4n) is 2.04. The van der Waals surface area contributed by atoms with Crippen LogP contribution in [0.3, 0.4) is 0 Å². The van der Waals surface area contributed by atoms with E-state index in [1.165, 1.54) is 0 Å². The average molecular weight is 317 g/mol. The van der Waals surface area contributed by atoms with Gasteiger partial charge in [0.05, 0.1) is 7.11 Å². The number of hydrogen-bond acceptors (Lipinski definition) is 5. The van der Waals surface area contributed by atoms with E-state index in [9.17, 15) is 4.79 Å². The summed E-state index contributed by atoms with van der Waals surface area (Å²) in [5.74, 6) is 2.34. The molecule has 23 heavy (non-hydrogen) atoms. The normalized spacial score (nSPS) is 10.8. The number of carbonyl (C=O) groups is 1. The number of aromatic nitrogens is 2. The quantitative estimate of drug-likeness (QED) is 0.810. The van der Waals surface area contributed by atoms with Crippen LogP contribution in [0.15, 0.2) is 28.8 Å². The minimum atomic E-state index is 0.0613. The van der Waals surface area contributed by atoms with Crippen molar-refractivity contribution in [3.8, 4) is 17.1 Å². The molecule has 2 rings (SSSR count). The van der Waals surface area contributed by atoms with Crippen LogP contribution in [0.4, 0.5) is 0 Å². The lowest BCUT2D eigenvalue weighted by atomic mass is 10.2. The molecule has 0 radical (unpaired) electrons. The van der Waals surface area contributed by atoms with Crippen LogP contribution in [0.5, 0.6) is 5.75 Å². The summed E-state index contributed by atoms with van der Waals surface area (Å²) in [4.78, 5) is 16.0. The van der Waals surface area contributed by atoms with Crippen LogP contribution in [0.2, 0.25) is 0 Å². The second-order valence-corrected chi connectivity index (χ2v) is 5.80. The van der Waals surface area contributed by atoms with Gasteiger partial charge in [0.15, 0.2) is 0 Å². The van der Waals surface area contributed by atoms with Crippen molar-refractivity contribution in [2.75, 3.05) is 13.7 Å². The van der Waals surface area contributed by atoms with E-state index in [1.807, 2.05) is 24.3 Å². The van der Waals surface area contributed by atoms with Crippen molar-refractivity contribution in [2.24, 2.45) is 5.92 Å². The number of ether oxygens (including phenoxy) is 1. The number of rotatable bonds is 8. The lowest BCUT2D eigenvalue weighted by Crippen LogP contribution is -2.27. The molecule has 6 nitrogen and oxygen atoms in total. The van der Waals surface area contributed by atoms with Crippen molar-refractivity contribution < 1.29 is 14.1 Å². The van der Waals surface area contributed by atoms with Crippen molar-refractivity contribution in [1.82, 2.24) is 15.5 Å². The first-order valence-corrected chi connectivity index (χ1v) is 7.82. The van der Waals surface area contributed by atoms with Gasteiger partial charge >= 0.3 is 0 Å². The molecule has 1 heterocycles. The topological polar surface area (TPSA) is 77.2 Å². The molecule has 0 fully saturated rings. The molecule has 0 unspecified atom stereocenters. The summed E-state index contributed by atoms with van der Waals surface area (Å²) in [6.45, 7) is 4.84. The number of amides is 1. The van der Waals surface area contributed by atoms with Crippen LogP contribution in [-0.2, 0) is 11.2 Å². The van der Waals surface area contributed by atoms with Gasteiger partial charge < -0.3 is 14.6 Å². The first-order chi connectivity index (χ1) is 11.1. The van der Waals surface area contributed by atoms with E-state index < -0.39 is 0 Å². The maximum Gasteiger partial charge on any atom is 0.226 e. The highest BCUT2D eigenvalue weighted by atomic mass is 16.5. The van der Waals surface area contributed by atoms with E-state index in [4.69, 9.17) is 9.26 Å². The van der Waals surface area contributed by atoms with Crippen molar-refractivity contribution in [1.29, 1.82) is 0 Å². The predicted octanol–water partition coefficient (Wildman–Crippen LogP) is 2.84. The van der Waals surface area contributed by atoms with Gasteiger partial charge in [-0.3, -0.25) is 4.79 Å². The number of benzene rings is 1. The highest BCUT2D eigenvalue weighted by Gasteiger charge is 2.10. The van der Waals surface area contributed by atoms with E-state index in [-0.39, 0.29) is 5.91 Å². The Kier molecular flexibility index (Phi) is 6.14. The average Bonchev–Trinajstić information content (AvgIpc) is 3.02. The first-order valence-electron chi connectivity index (χ1n) is 7.82. The Labute approximate surface area is 136 Å². The number of carbonyl (C=O) groups excluding carboxylic acids is 1. The molecule has 1 amide bonds. The summed E-state index contributed by atoms with van der Waals surface area (Å²) in [5, 5.41) is 6.87. The van der Waals surface area contributed by atoms with Gasteiger partial charge in [0.2, 0.25) is 17.6 Å². The molecular weight excluding hydrogens is 294 g/mol. The molecule has 2 aromatic rings. The molecule has 0 bridgehead atoms. The fourth-order valence-corrected chi connectivity index (χ4v) is 2.04. The molecule has 6 heteroatoms. The van der Waals surface area contributed by atoms with Crippen LogP contribution < -0.4 is 10.1 Å².